The number of benzene rings is 1. The van der Waals surface area contributed by atoms with Crippen LogP contribution in [-0.2, 0) is 0 Å². The lowest BCUT2D eigenvalue weighted by atomic mass is 10.0. The summed E-state index contributed by atoms with van der Waals surface area (Å²) in [5, 5.41) is 1.19. The monoisotopic (exact) mass is 282 g/mol. The average molecular weight is 282 g/mol. The second kappa shape index (κ2) is 5.71. The van der Waals surface area contributed by atoms with Crippen LogP contribution in [0.15, 0.2) is 12.1 Å². The van der Waals surface area contributed by atoms with Crippen molar-refractivity contribution in [3.05, 3.63) is 29.1 Å². The van der Waals surface area contributed by atoms with E-state index in [0.29, 0.717) is 16.1 Å². The molecule has 1 fully saturated rings. The minimum atomic E-state index is -0.163. The lowest BCUT2D eigenvalue weighted by Crippen LogP contribution is -2.41. The summed E-state index contributed by atoms with van der Waals surface area (Å²) < 4.78 is 13.8. The maximum absolute atomic E-state index is 13.8. The van der Waals surface area contributed by atoms with Gasteiger partial charge in [-0.15, -0.1) is 0 Å². The van der Waals surface area contributed by atoms with Gasteiger partial charge in [-0.05, 0) is 37.1 Å². The zero-order chi connectivity index (χ0) is 14.2. The van der Waals surface area contributed by atoms with E-state index in [1.807, 2.05) is 31.7 Å². The number of halogens is 1. The van der Waals surface area contributed by atoms with Crippen molar-refractivity contribution >= 4 is 17.4 Å². The van der Waals surface area contributed by atoms with Crippen LogP contribution in [0, 0.1) is 12.7 Å². The highest BCUT2D eigenvalue weighted by molar-refractivity contribution is 8.00. The Labute approximate surface area is 119 Å². The topological polar surface area (TPSA) is 29.3 Å². The molecule has 1 aromatic carbocycles. The number of hydrogen-bond donors (Lipinski definition) is 1. The molecule has 1 aliphatic rings. The minimum absolute atomic E-state index is 0.148. The van der Waals surface area contributed by atoms with E-state index in [4.69, 9.17) is 5.73 Å². The molecular weight excluding hydrogens is 259 g/mol. The molecule has 0 bridgehead atoms. The fourth-order valence-electron chi connectivity index (χ4n) is 2.69. The normalized spacial score (nSPS) is 25.5. The van der Waals surface area contributed by atoms with E-state index >= 15 is 0 Å². The van der Waals surface area contributed by atoms with Crippen LogP contribution in [0.4, 0.5) is 10.1 Å². The van der Waals surface area contributed by atoms with Crippen LogP contribution in [0.5, 0.6) is 0 Å². The molecule has 106 valence electrons. The largest absolute Gasteiger partial charge is 0.369 e. The first kappa shape index (κ1) is 14.7. The van der Waals surface area contributed by atoms with Crippen molar-refractivity contribution in [1.82, 2.24) is 0 Å². The Hall–Kier alpha value is -0.740. The Morgan fingerprint density at radius 2 is 1.89 bits per heavy atom. The number of hydrogen-bond acceptors (Lipinski definition) is 3. The van der Waals surface area contributed by atoms with Crippen molar-refractivity contribution in [2.45, 2.75) is 44.2 Å². The Bertz CT molecular complexity index is 452. The number of thioether (sulfide) groups is 1. The third-order valence-corrected chi connectivity index (χ3v) is 4.79. The number of nitrogens with zero attached hydrogens (tertiary/aromatic N) is 1. The molecule has 0 saturated carbocycles. The molecule has 0 aliphatic carbocycles. The van der Waals surface area contributed by atoms with Crippen LogP contribution >= 0.6 is 11.8 Å². The van der Waals surface area contributed by atoms with Crippen LogP contribution in [0.2, 0.25) is 0 Å². The molecule has 2 nitrogen and oxygen atoms in total. The van der Waals surface area contributed by atoms with Crippen molar-refractivity contribution in [2.75, 3.05) is 18.0 Å². The van der Waals surface area contributed by atoms with Gasteiger partial charge in [-0.3, -0.25) is 0 Å². The molecule has 0 radical (unpaired) electrons. The fraction of sp³-hybridized carbons (Fsp3) is 0.600. The number of anilines is 1. The summed E-state index contributed by atoms with van der Waals surface area (Å²) in [4.78, 5) is 2.36. The van der Waals surface area contributed by atoms with Crippen LogP contribution in [0.25, 0.3) is 0 Å². The van der Waals surface area contributed by atoms with Gasteiger partial charge in [0.05, 0.1) is 0 Å². The average Bonchev–Trinajstić information content (AvgIpc) is 2.30. The third kappa shape index (κ3) is 3.23. The number of rotatable bonds is 2. The first-order valence-corrected chi connectivity index (χ1v) is 7.78. The zero-order valence-corrected chi connectivity index (χ0v) is 12.9. The Kier molecular flexibility index (Phi) is 4.41. The molecule has 1 aromatic rings. The predicted octanol–water partition coefficient (Wildman–Crippen LogP) is 3.48. The van der Waals surface area contributed by atoms with E-state index in [0.717, 1.165) is 24.3 Å². The van der Waals surface area contributed by atoms with E-state index in [-0.39, 0.29) is 11.9 Å². The third-order valence-electron chi connectivity index (χ3n) is 3.56. The molecule has 1 aliphatic heterocycles. The highest BCUT2D eigenvalue weighted by Crippen LogP contribution is 2.33. The summed E-state index contributed by atoms with van der Waals surface area (Å²) in [7, 11) is 0. The van der Waals surface area contributed by atoms with Gasteiger partial charge in [-0.1, -0.05) is 13.8 Å². The van der Waals surface area contributed by atoms with E-state index in [9.17, 15) is 4.39 Å². The molecule has 3 unspecified atom stereocenters. The smallest absolute Gasteiger partial charge is 0.126 e. The van der Waals surface area contributed by atoms with Crippen molar-refractivity contribution < 1.29 is 4.39 Å². The van der Waals surface area contributed by atoms with Crippen LogP contribution in [0.1, 0.15) is 37.9 Å². The summed E-state index contributed by atoms with van der Waals surface area (Å²) in [6.45, 7) is 10.2. The van der Waals surface area contributed by atoms with E-state index in [2.05, 4.69) is 18.7 Å². The molecule has 1 saturated heterocycles. The highest BCUT2D eigenvalue weighted by Gasteiger charge is 2.25. The quantitative estimate of drug-likeness (QED) is 0.900. The van der Waals surface area contributed by atoms with E-state index in [1.165, 1.54) is 0 Å². The number of nitrogens with two attached hydrogens (primary N) is 1. The molecular formula is C15H23FN2S. The molecule has 2 N–H and O–H groups in total. The summed E-state index contributed by atoms with van der Waals surface area (Å²) in [6, 6.07) is 3.40. The standard InChI is InChI=1S/C15H23FN2S/c1-9-5-15(13(12(4)17)6-14(9)16)18-7-10(2)19-11(3)8-18/h5-6,10-12H,7-8,17H2,1-4H3. The summed E-state index contributed by atoms with van der Waals surface area (Å²) in [5.74, 6) is -0.163. The van der Waals surface area contributed by atoms with E-state index < -0.39 is 0 Å². The fourth-order valence-corrected chi connectivity index (χ4v) is 4.02. The lowest BCUT2D eigenvalue weighted by molar-refractivity contribution is 0.611. The van der Waals surface area contributed by atoms with E-state index in [1.54, 1.807) is 6.07 Å². The van der Waals surface area contributed by atoms with Crippen LogP contribution in [-0.4, -0.2) is 23.6 Å². The molecule has 3 atom stereocenters. The second-order valence-corrected chi connectivity index (χ2v) is 7.49. The van der Waals surface area contributed by atoms with Gasteiger partial charge >= 0.3 is 0 Å². The maximum Gasteiger partial charge on any atom is 0.126 e. The molecule has 19 heavy (non-hydrogen) atoms. The van der Waals surface area contributed by atoms with Gasteiger partial charge in [0, 0.05) is 35.3 Å². The molecule has 2 rings (SSSR count). The highest BCUT2D eigenvalue weighted by atomic mass is 32.2. The molecule has 0 amide bonds. The first-order chi connectivity index (χ1) is 8.88. The summed E-state index contributed by atoms with van der Waals surface area (Å²) >= 11 is 2.01. The summed E-state index contributed by atoms with van der Waals surface area (Å²) in [5.41, 5.74) is 8.72. The predicted molar refractivity (Wildman–Crippen MR) is 82.5 cm³/mol. The molecule has 1 heterocycles. The SMILES string of the molecule is Cc1cc(N2CC(C)SC(C)C2)c(C(C)N)cc1F. The van der Waals surface area contributed by atoms with Gasteiger partial charge in [-0.2, -0.15) is 11.8 Å². The molecule has 0 spiro atoms. The molecule has 0 aromatic heterocycles. The minimum Gasteiger partial charge on any atom is -0.369 e. The van der Waals surface area contributed by atoms with Gasteiger partial charge in [0.15, 0.2) is 0 Å². The van der Waals surface area contributed by atoms with Crippen molar-refractivity contribution in [1.29, 1.82) is 0 Å². The van der Waals surface area contributed by atoms with Crippen molar-refractivity contribution in [3.8, 4) is 0 Å². The van der Waals surface area contributed by atoms with Crippen LogP contribution in [0.3, 0.4) is 0 Å². The number of aryl methyl sites for hydroxylation is 1. The van der Waals surface area contributed by atoms with Crippen molar-refractivity contribution in [3.63, 3.8) is 0 Å². The van der Waals surface area contributed by atoms with Crippen LogP contribution < -0.4 is 10.6 Å². The second-order valence-electron chi connectivity index (χ2n) is 5.61. The zero-order valence-electron chi connectivity index (χ0n) is 12.1. The van der Waals surface area contributed by atoms with Gasteiger partial charge in [0.25, 0.3) is 0 Å². The lowest BCUT2D eigenvalue weighted by Gasteiger charge is -2.38. The Morgan fingerprint density at radius 1 is 1.32 bits per heavy atom. The summed E-state index contributed by atoms with van der Waals surface area (Å²) in [6.07, 6.45) is 0. The Morgan fingerprint density at radius 3 is 2.42 bits per heavy atom. The van der Waals surface area contributed by atoms with Crippen molar-refractivity contribution in [2.24, 2.45) is 5.73 Å². The Balaban J connectivity index is 2.40. The van der Waals surface area contributed by atoms with Gasteiger partial charge < -0.3 is 10.6 Å². The first-order valence-electron chi connectivity index (χ1n) is 6.84. The van der Waals surface area contributed by atoms with Gasteiger partial charge in [-0.25, -0.2) is 4.39 Å². The maximum atomic E-state index is 13.8. The van der Waals surface area contributed by atoms with Gasteiger partial charge in [0.2, 0.25) is 0 Å². The molecule has 4 heteroatoms. The van der Waals surface area contributed by atoms with Gasteiger partial charge in [0.1, 0.15) is 5.82 Å².